The summed E-state index contributed by atoms with van der Waals surface area (Å²) in [5, 5.41) is 14.2. The van der Waals surface area contributed by atoms with Crippen LogP contribution in [0.4, 0.5) is 4.39 Å². The van der Waals surface area contributed by atoms with Crippen LogP contribution in [0, 0.1) is 11.2 Å². The van der Waals surface area contributed by atoms with Crippen molar-refractivity contribution in [1.29, 1.82) is 0 Å². The Kier molecular flexibility index (Phi) is 5.31. The van der Waals surface area contributed by atoms with E-state index < -0.39 is 0 Å². The molecule has 0 amide bonds. The molecule has 0 bridgehead atoms. The summed E-state index contributed by atoms with van der Waals surface area (Å²) < 4.78 is 15.1. The average molecular weight is 331 g/mol. The second-order valence-electron chi connectivity index (χ2n) is 7.00. The number of nitrogens with zero attached hydrogens (tertiary/aromatic N) is 3. The molecule has 4 nitrogen and oxygen atoms in total. The second kappa shape index (κ2) is 7.45. The number of aliphatic hydroxyl groups excluding tert-OH is 1. The number of piperidine rings is 1. The lowest BCUT2D eigenvalue weighted by Gasteiger charge is -2.41. The van der Waals surface area contributed by atoms with E-state index in [-0.39, 0.29) is 17.8 Å². The molecular formula is C19H26FN3O. The fourth-order valence-corrected chi connectivity index (χ4v) is 3.85. The van der Waals surface area contributed by atoms with Gasteiger partial charge < -0.3 is 5.11 Å². The predicted molar refractivity (Wildman–Crippen MR) is 92.5 cm³/mol. The summed E-state index contributed by atoms with van der Waals surface area (Å²) in [7, 11) is 0. The van der Waals surface area contributed by atoms with Gasteiger partial charge in [-0.25, -0.2) is 9.07 Å². The average Bonchev–Trinajstić information content (AvgIpc) is 3.04. The van der Waals surface area contributed by atoms with Crippen LogP contribution < -0.4 is 0 Å². The van der Waals surface area contributed by atoms with E-state index in [2.05, 4.69) is 16.9 Å². The van der Waals surface area contributed by atoms with E-state index in [1.54, 1.807) is 10.7 Å². The minimum atomic E-state index is -0.257. The van der Waals surface area contributed by atoms with E-state index in [0.717, 1.165) is 56.6 Å². The maximum Gasteiger partial charge on any atom is 0.125 e. The van der Waals surface area contributed by atoms with E-state index in [9.17, 15) is 9.50 Å². The highest BCUT2D eigenvalue weighted by Gasteiger charge is 2.34. The topological polar surface area (TPSA) is 41.3 Å². The van der Waals surface area contributed by atoms with Gasteiger partial charge in [0.15, 0.2) is 0 Å². The fraction of sp³-hybridized carbons (Fsp3) is 0.526. The van der Waals surface area contributed by atoms with Gasteiger partial charge >= 0.3 is 0 Å². The van der Waals surface area contributed by atoms with Gasteiger partial charge in [0, 0.05) is 36.9 Å². The Hall–Kier alpha value is -1.72. The number of aromatic nitrogens is 2. The zero-order valence-electron chi connectivity index (χ0n) is 14.3. The SMILES string of the molecule is CCCC1(CO)CCCN(Cc2cnn(-c3cccc(F)c3)c2)C1. The number of hydrogen-bond acceptors (Lipinski definition) is 3. The van der Waals surface area contributed by atoms with Crippen molar-refractivity contribution < 1.29 is 9.50 Å². The Balaban J connectivity index is 1.68. The molecule has 0 spiro atoms. The minimum absolute atomic E-state index is 0.0472. The van der Waals surface area contributed by atoms with Crippen molar-refractivity contribution in [1.82, 2.24) is 14.7 Å². The van der Waals surface area contributed by atoms with E-state index in [1.165, 1.54) is 12.1 Å². The molecule has 1 aromatic heterocycles. The highest BCUT2D eigenvalue weighted by molar-refractivity contribution is 5.31. The molecule has 0 saturated carbocycles. The predicted octanol–water partition coefficient (Wildman–Crippen LogP) is 3.39. The number of aliphatic hydroxyl groups is 1. The molecule has 1 fully saturated rings. The van der Waals surface area contributed by atoms with Gasteiger partial charge in [0.1, 0.15) is 5.82 Å². The third-order valence-electron chi connectivity index (χ3n) is 4.97. The molecule has 1 aromatic carbocycles. The second-order valence-corrected chi connectivity index (χ2v) is 7.00. The summed E-state index contributed by atoms with van der Waals surface area (Å²) in [6.07, 6.45) is 8.22. The molecular weight excluding hydrogens is 305 g/mol. The Labute approximate surface area is 142 Å². The van der Waals surface area contributed by atoms with Gasteiger partial charge in [-0.3, -0.25) is 4.90 Å². The van der Waals surface area contributed by atoms with Gasteiger partial charge in [0.05, 0.1) is 11.9 Å². The van der Waals surface area contributed by atoms with Crippen molar-refractivity contribution >= 4 is 0 Å². The van der Waals surface area contributed by atoms with Crippen LogP contribution in [-0.4, -0.2) is 39.5 Å². The molecule has 0 aliphatic carbocycles. The smallest absolute Gasteiger partial charge is 0.125 e. The highest BCUT2D eigenvalue weighted by atomic mass is 19.1. The standard InChI is InChI=1S/C19H26FN3O/c1-2-7-19(15-24)8-4-9-22(14-19)12-16-11-21-23(13-16)18-6-3-5-17(20)10-18/h3,5-6,10-11,13,24H,2,4,7-9,12,14-15H2,1H3. The Bertz CT molecular complexity index is 668. The molecule has 130 valence electrons. The quantitative estimate of drug-likeness (QED) is 0.882. The highest BCUT2D eigenvalue weighted by Crippen LogP contribution is 2.34. The van der Waals surface area contributed by atoms with Crippen LogP contribution in [0.25, 0.3) is 5.69 Å². The minimum Gasteiger partial charge on any atom is -0.396 e. The third kappa shape index (κ3) is 3.84. The summed E-state index contributed by atoms with van der Waals surface area (Å²) in [5.41, 5.74) is 1.89. The molecule has 1 N–H and O–H groups in total. The Morgan fingerprint density at radius 1 is 1.38 bits per heavy atom. The molecule has 5 heteroatoms. The number of benzene rings is 1. The zero-order valence-corrected chi connectivity index (χ0v) is 14.3. The van der Waals surface area contributed by atoms with Crippen LogP contribution in [0.15, 0.2) is 36.7 Å². The lowest BCUT2D eigenvalue weighted by Crippen LogP contribution is -2.44. The number of hydrogen-bond donors (Lipinski definition) is 1. The molecule has 3 rings (SSSR count). The van der Waals surface area contributed by atoms with Crippen LogP contribution in [0.1, 0.15) is 38.2 Å². The van der Waals surface area contributed by atoms with Crippen molar-refractivity contribution in [2.75, 3.05) is 19.7 Å². The van der Waals surface area contributed by atoms with Crippen molar-refractivity contribution in [3.63, 3.8) is 0 Å². The first-order chi connectivity index (χ1) is 11.6. The molecule has 1 aliphatic rings. The van der Waals surface area contributed by atoms with Gasteiger partial charge in [-0.1, -0.05) is 19.4 Å². The van der Waals surface area contributed by atoms with Gasteiger partial charge in [-0.15, -0.1) is 0 Å². The first-order valence-electron chi connectivity index (χ1n) is 8.77. The maximum absolute atomic E-state index is 13.4. The first-order valence-corrected chi connectivity index (χ1v) is 8.77. The largest absolute Gasteiger partial charge is 0.396 e. The van der Waals surface area contributed by atoms with Crippen molar-refractivity contribution in [3.05, 3.63) is 48.0 Å². The van der Waals surface area contributed by atoms with Crippen LogP contribution in [-0.2, 0) is 6.54 Å². The normalized spacial score (nSPS) is 22.0. The van der Waals surface area contributed by atoms with Gasteiger partial charge in [0.25, 0.3) is 0 Å². The third-order valence-corrected chi connectivity index (χ3v) is 4.97. The molecule has 1 unspecified atom stereocenters. The summed E-state index contributed by atoms with van der Waals surface area (Å²) >= 11 is 0. The van der Waals surface area contributed by atoms with E-state index in [1.807, 2.05) is 18.5 Å². The van der Waals surface area contributed by atoms with E-state index >= 15 is 0 Å². The van der Waals surface area contributed by atoms with E-state index in [0.29, 0.717) is 0 Å². The summed E-state index contributed by atoms with van der Waals surface area (Å²) in [6, 6.07) is 6.45. The van der Waals surface area contributed by atoms with Gasteiger partial charge in [0.2, 0.25) is 0 Å². The molecule has 2 heterocycles. The van der Waals surface area contributed by atoms with Crippen LogP contribution >= 0.6 is 0 Å². The molecule has 1 saturated heterocycles. The summed E-state index contributed by atoms with van der Waals surface area (Å²) in [4.78, 5) is 2.41. The number of likely N-dealkylation sites (tertiary alicyclic amines) is 1. The summed E-state index contributed by atoms with van der Waals surface area (Å²) in [6.45, 7) is 5.25. The maximum atomic E-state index is 13.4. The van der Waals surface area contributed by atoms with Crippen LogP contribution in [0.2, 0.25) is 0 Å². The number of halogens is 1. The fourth-order valence-electron chi connectivity index (χ4n) is 3.85. The Morgan fingerprint density at radius 2 is 2.25 bits per heavy atom. The van der Waals surface area contributed by atoms with Crippen molar-refractivity contribution in [3.8, 4) is 5.69 Å². The van der Waals surface area contributed by atoms with E-state index in [4.69, 9.17) is 0 Å². The summed E-state index contributed by atoms with van der Waals surface area (Å²) in [5.74, 6) is -0.257. The van der Waals surface area contributed by atoms with Gasteiger partial charge in [-0.2, -0.15) is 5.10 Å². The molecule has 1 atom stereocenters. The van der Waals surface area contributed by atoms with Crippen molar-refractivity contribution in [2.45, 2.75) is 39.2 Å². The zero-order chi connectivity index (χ0) is 17.0. The van der Waals surface area contributed by atoms with Crippen LogP contribution in [0.3, 0.4) is 0 Å². The molecule has 24 heavy (non-hydrogen) atoms. The van der Waals surface area contributed by atoms with Gasteiger partial charge in [-0.05, 0) is 44.0 Å². The molecule has 2 aromatic rings. The lowest BCUT2D eigenvalue weighted by molar-refractivity contribution is 0.0216. The molecule has 1 aliphatic heterocycles. The monoisotopic (exact) mass is 331 g/mol. The van der Waals surface area contributed by atoms with Crippen molar-refractivity contribution in [2.24, 2.45) is 5.41 Å². The number of rotatable bonds is 6. The van der Waals surface area contributed by atoms with Crippen LogP contribution in [0.5, 0.6) is 0 Å². The molecule has 0 radical (unpaired) electrons. The lowest BCUT2D eigenvalue weighted by atomic mass is 9.77. The Morgan fingerprint density at radius 3 is 3.00 bits per heavy atom. The first kappa shape index (κ1) is 17.1.